The Morgan fingerprint density at radius 3 is 2.48 bits per heavy atom. The van der Waals surface area contributed by atoms with Gasteiger partial charge in [-0.25, -0.2) is 0 Å². The highest BCUT2D eigenvalue weighted by Gasteiger charge is 2.42. The number of hydrogen-bond donors (Lipinski definition) is 2. The number of benzene rings is 1. The van der Waals surface area contributed by atoms with E-state index in [1.807, 2.05) is 36.0 Å². The van der Waals surface area contributed by atoms with Gasteiger partial charge in [-0.1, -0.05) is 32.9 Å². The van der Waals surface area contributed by atoms with Crippen molar-refractivity contribution in [3.63, 3.8) is 0 Å². The van der Waals surface area contributed by atoms with E-state index in [1.165, 1.54) is 5.56 Å². The van der Waals surface area contributed by atoms with Gasteiger partial charge < -0.3 is 15.4 Å². The van der Waals surface area contributed by atoms with E-state index < -0.39 is 5.54 Å². The Morgan fingerprint density at radius 1 is 1.28 bits per heavy atom. The number of piperidine rings is 1. The summed E-state index contributed by atoms with van der Waals surface area (Å²) < 4.78 is 7.71. The van der Waals surface area contributed by atoms with Gasteiger partial charge in [0.05, 0.1) is 6.04 Å². The van der Waals surface area contributed by atoms with Crippen LogP contribution in [0.4, 0.5) is 0 Å². The van der Waals surface area contributed by atoms with Crippen molar-refractivity contribution in [1.82, 2.24) is 20.4 Å². The van der Waals surface area contributed by atoms with Crippen LogP contribution in [0.2, 0.25) is 0 Å². The number of aromatic nitrogens is 2. The van der Waals surface area contributed by atoms with Gasteiger partial charge in [0.25, 0.3) is 0 Å². The lowest BCUT2D eigenvalue weighted by atomic mass is 9.87. The van der Waals surface area contributed by atoms with Crippen molar-refractivity contribution < 1.29 is 9.53 Å². The van der Waals surface area contributed by atoms with Gasteiger partial charge >= 0.3 is 0 Å². The first kappa shape index (κ1) is 23.2. The summed E-state index contributed by atoms with van der Waals surface area (Å²) >= 11 is 0. The molecule has 1 amide bonds. The molecular formula is C22H33ClN4O2. The number of nitrogens with zero attached hydrogens (tertiary/aromatic N) is 2. The van der Waals surface area contributed by atoms with Gasteiger partial charge in [-0.05, 0) is 62.0 Å². The summed E-state index contributed by atoms with van der Waals surface area (Å²) in [6.45, 7) is 10.6. The van der Waals surface area contributed by atoms with Crippen molar-refractivity contribution in [3.8, 4) is 5.75 Å². The summed E-state index contributed by atoms with van der Waals surface area (Å²) in [5, 5.41) is 10.8. The molecule has 1 saturated heterocycles. The topological polar surface area (TPSA) is 68.2 Å². The molecule has 0 saturated carbocycles. The van der Waals surface area contributed by atoms with Crippen LogP contribution < -0.4 is 15.4 Å². The highest BCUT2D eigenvalue weighted by Crippen LogP contribution is 2.27. The van der Waals surface area contributed by atoms with Crippen molar-refractivity contribution >= 4 is 18.3 Å². The number of carbonyl (C=O) groups excluding carboxylic acids is 1. The molecule has 0 bridgehead atoms. The van der Waals surface area contributed by atoms with Gasteiger partial charge in [0.2, 0.25) is 5.91 Å². The second-order valence-electron chi connectivity index (χ2n) is 8.69. The maximum Gasteiger partial charge on any atom is 0.248 e. The van der Waals surface area contributed by atoms with Crippen molar-refractivity contribution in [2.45, 2.75) is 57.5 Å². The Labute approximate surface area is 179 Å². The molecule has 2 N–H and O–H groups in total. The highest BCUT2D eigenvalue weighted by atomic mass is 35.5. The van der Waals surface area contributed by atoms with Crippen LogP contribution in [0, 0.1) is 0 Å². The number of carbonyl (C=O) groups is 1. The molecule has 29 heavy (non-hydrogen) atoms. The molecule has 2 heterocycles. The zero-order chi connectivity index (χ0) is 20.2. The number of nitrogens with one attached hydrogen (secondary N) is 2. The first-order chi connectivity index (χ1) is 13.3. The molecule has 1 atom stereocenters. The second-order valence-corrected chi connectivity index (χ2v) is 8.69. The average molecular weight is 421 g/mol. The van der Waals surface area contributed by atoms with Crippen LogP contribution in [0.1, 0.15) is 46.1 Å². The molecule has 7 heteroatoms. The highest BCUT2D eigenvalue weighted by molar-refractivity contribution is 5.85. The summed E-state index contributed by atoms with van der Waals surface area (Å²) in [6.07, 6.45) is 5.05. The van der Waals surface area contributed by atoms with Crippen molar-refractivity contribution in [2.24, 2.45) is 0 Å². The SMILES string of the molecule is CC(COc1ccc(C(C)(C)C)cc1)NC(=O)C1(n2cccn2)CCNCC1.Cl. The second kappa shape index (κ2) is 9.63. The molecule has 0 radical (unpaired) electrons. The van der Waals surface area contributed by atoms with Crippen LogP contribution in [-0.4, -0.2) is 41.4 Å². The Morgan fingerprint density at radius 2 is 1.93 bits per heavy atom. The van der Waals surface area contributed by atoms with E-state index in [4.69, 9.17) is 4.74 Å². The number of rotatable bonds is 6. The van der Waals surface area contributed by atoms with E-state index in [0.29, 0.717) is 6.61 Å². The van der Waals surface area contributed by atoms with Gasteiger partial charge in [0.15, 0.2) is 0 Å². The number of halogens is 1. The monoisotopic (exact) mass is 420 g/mol. The van der Waals surface area contributed by atoms with Gasteiger partial charge in [0.1, 0.15) is 17.9 Å². The quantitative estimate of drug-likeness (QED) is 0.752. The van der Waals surface area contributed by atoms with E-state index >= 15 is 0 Å². The minimum absolute atomic E-state index is 0. The Hall–Kier alpha value is -2.05. The Bertz CT molecular complexity index is 763. The molecular weight excluding hydrogens is 388 g/mol. The summed E-state index contributed by atoms with van der Waals surface area (Å²) in [6, 6.07) is 9.95. The van der Waals surface area contributed by atoms with E-state index in [9.17, 15) is 4.79 Å². The van der Waals surface area contributed by atoms with Crippen LogP contribution in [0.25, 0.3) is 0 Å². The lowest BCUT2D eigenvalue weighted by Gasteiger charge is -2.37. The number of ether oxygens (including phenoxy) is 1. The fraction of sp³-hybridized carbons (Fsp3) is 0.545. The summed E-state index contributed by atoms with van der Waals surface area (Å²) in [5.74, 6) is 0.828. The Balaban J connectivity index is 0.00000300. The molecule has 1 aliphatic heterocycles. The molecule has 2 aromatic rings. The third-order valence-corrected chi connectivity index (χ3v) is 5.39. The van der Waals surface area contributed by atoms with Gasteiger partial charge in [0, 0.05) is 12.4 Å². The summed E-state index contributed by atoms with van der Waals surface area (Å²) in [4.78, 5) is 13.1. The maximum absolute atomic E-state index is 13.1. The minimum atomic E-state index is -0.628. The fourth-order valence-corrected chi connectivity index (χ4v) is 3.59. The molecule has 3 rings (SSSR count). The molecule has 1 aromatic heterocycles. The largest absolute Gasteiger partial charge is 0.491 e. The summed E-state index contributed by atoms with van der Waals surface area (Å²) in [7, 11) is 0. The first-order valence-corrected chi connectivity index (χ1v) is 10.1. The van der Waals surface area contributed by atoms with E-state index in [-0.39, 0.29) is 29.8 Å². The fourth-order valence-electron chi connectivity index (χ4n) is 3.59. The van der Waals surface area contributed by atoms with Gasteiger partial charge in [-0.15, -0.1) is 12.4 Å². The zero-order valence-electron chi connectivity index (χ0n) is 17.8. The van der Waals surface area contributed by atoms with Crippen LogP contribution >= 0.6 is 12.4 Å². The van der Waals surface area contributed by atoms with E-state index in [1.54, 1.807) is 6.20 Å². The molecule has 160 valence electrons. The smallest absolute Gasteiger partial charge is 0.248 e. The third-order valence-electron chi connectivity index (χ3n) is 5.39. The van der Waals surface area contributed by atoms with Crippen LogP contribution in [-0.2, 0) is 15.7 Å². The lowest BCUT2D eigenvalue weighted by molar-refractivity contribution is -0.132. The molecule has 1 fully saturated rings. The normalized spacial score (nSPS) is 17.1. The van der Waals surface area contributed by atoms with E-state index in [0.717, 1.165) is 31.7 Å². The zero-order valence-corrected chi connectivity index (χ0v) is 18.6. The average Bonchev–Trinajstić information content (AvgIpc) is 3.22. The Kier molecular flexibility index (Phi) is 7.72. The molecule has 1 aliphatic rings. The van der Waals surface area contributed by atoms with Gasteiger partial charge in [-0.2, -0.15) is 5.10 Å². The predicted octanol–water partition coefficient (Wildman–Crippen LogP) is 3.26. The lowest BCUT2D eigenvalue weighted by Crippen LogP contribution is -2.56. The minimum Gasteiger partial charge on any atom is -0.491 e. The van der Waals surface area contributed by atoms with Crippen molar-refractivity contribution in [1.29, 1.82) is 0 Å². The summed E-state index contributed by atoms with van der Waals surface area (Å²) in [5.41, 5.74) is 0.764. The molecule has 6 nitrogen and oxygen atoms in total. The first-order valence-electron chi connectivity index (χ1n) is 10.1. The predicted molar refractivity (Wildman–Crippen MR) is 118 cm³/mol. The van der Waals surface area contributed by atoms with Crippen molar-refractivity contribution in [2.75, 3.05) is 19.7 Å². The maximum atomic E-state index is 13.1. The van der Waals surface area contributed by atoms with Crippen molar-refractivity contribution in [3.05, 3.63) is 48.3 Å². The molecule has 0 spiro atoms. The van der Waals surface area contributed by atoms with Crippen LogP contribution in [0.3, 0.4) is 0 Å². The van der Waals surface area contributed by atoms with Gasteiger partial charge in [-0.3, -0.25) is 9.48 Å². The number of hydrogen-bond acceptors (Lipinski definition) is 4. The third kappa shape index (κ3) is 5.52. The van der Waals surface area contributed by atoms with E-state index in [2.05, 4.69) is 48.6 Å². The molecule has 1 aromatic carbocycles. The molecule has 0 aliphatic carbocycles. The van der Waals surface area contributed by atoms with Crippen LogP contribution in [0.5, 0.6) is 5.75 Å². The standard InChI is InChI=1S/C22H32N4O2.ClH/c1-17(16-28-19-8-6-18(7-9-19)21(2,3)4)25-20(27)22(10-13-23-14-11-22)26-15-5-12-24-26;/h5-9,12,15,17,23H,10-11,13-14,16H2,1-4H3,(H,25,27);1H. The molecule has 1 unspecified atom stereocenters. The number of amides is 1. The van der Waals surface area contributed by atoms with Crippen LogP contribution in [0.15, 0.2) is 42.7 Å².